The summed E-state index contributed by atoms with van der Waals surface area (Å²) in [6, 6.07) is 14.9. The molecule has 0 aliphatic heterocycles. The summed E-state index contributed by atoms with van der Waals surface area (Å²) in [6.07, 6.45) is -0.587. The fraction of sp³-hybridized carbons (Fsp3) is 0.448. The van der Waals surface area contributed by atoms with Gasteiger partial charge >= 0.3 is 18.0 Å². The van der Waals surface area contributed by atoms with Crippen LogP contribution in [0.4, 0.5) is 4.79 Å². The molecule has 206 valence electrons. The minimum Gasteiger partial charge on any atom is -0.460 e. The van der Waals surface area contributed by atoms with Gasteiger partial charge in [0, 0.05) is 18.5 Å². The number of carbonyl (C=O) groups excluding carboxylic acids is 4. The van der Waals surface area contributed by atoms with Gasteiger partial charge in [-0.15, -0.1) is 0 Å². The van der Waals surface area contributed by atoms with Gasteiger partial charge in [-0.3, -0.25) is 9.59 Å². The van der Waals surface area contributed by atoms with Crippen molar-refractivity contribution in [2.45, 2.75) is 84.8 Å². The molecule has 9 heteroatoms. The van der Waals surface area contributed by atoms with E-state index in [0.29, 0.717) is 5.56 Å². The first-order valence-corrected chi connectivity index (χ1v) is 12.5. The number of carbonyl (C=O) groups is 4. The fourth-order valence-electron chi connectivity index (χ4n) is 3.24. The van der Waals surface area contributed by atoms with E-state index in [1.165, 1.54) is 0 Å². The molecule has 0 radical (unpaired) electrons. The van der Waals surface area contributed by atoms with Crippen LogP contribution in [0.5, 0.6) is 0 Å². The van der Waals surface area contributed by atoms with Crippen LogP contribution in [-0.4, -0.2) is 41.2 Å². The maximum Gasteiger partial charge on any atom is 0.407 e. The average molecular weight is 527 g/mol. The highest BCUT2D eigenvalue weighted by Crippen LogP contribution is 2.14. The summed E-state index contributed by atoms with van der Waals surface area (Å²) in [7, 11) is 0. The van der Waals surface area contributed by atoms with Gasteiger partial charge in [-0.1, -0.05) is 42.5 Å². The number of esters is 2. The molecular weight excluding hydrogens is 488 g/mol. The largest absolute Gasteiger partial charge is 0.460 e. The van der Waals surface area contributed by atoms with Crippen LogP contribution >= 0.6 is 0 Å². The van der Waals surface area contributed by atoms with Crippen molar-refractivity contribution in [1.82, 2.24) is 10.6 Å². The van der Waals surface area contributed by atoms with Crippen molar-refractivity contribution in [2.75, 3.05) is 0 Å². The van der Waals surface area contributed by atoms with E-state index >= 15 is 0 Å². The van der Waals surface area contributed by atoms with E-state index in [9.17, 15) is 19.2 Å². The molecule has 2 N–H and O–H groups in total. The smallest absolute Gasteiger partial charge is 0.407 e. The van der Waals surface area contributed by atoms with Crippen LogP contribution in [0.3, 0.4) is 0 Å². The van der Waals surface area contributed by atoms with Crippen LogP contribution in [-0.2, 0) is 37.0 Å². The van der Waals surface area contributed by atoms with Crippen molar-refractivity contribution in [2.24, 2.45) is 0 Å². The summed E-state index contributed by atoms with van der Waals surface area (Å²) in [6.45, 7) is 10.8. The van der Waals surface area contributed by atoms with Crippen molar-refractivity contribution >= 4 is 23.9 Å². The van der Waals surface area contributed by atoms with Crippen LogP contribution in [0, 0.1) is 0 Å². The van der Waals surface area contributed by atoms with Crippen LogP contribution in [0.25, 0.3) is 0 Å². The highest BCUT2D eigenvalue weighted by atomic mass is 16.6. The Kier molecular flexibility index (Phi) is 10.9. The molecule has 0 saturated heterocycles. The molecule has 2 aromatic rings. The lowest BCUT2D eigenvalue weighted by Gasteiger charge is -2.25. The van der Waals surface area contributed by atoms with E-state index in [2.05, 4.69) is 10.6 Å². The molecule has 2 aromatic carbocycles. The van der Waals surface area contributed by atoms with E-state index in [4.69, 9.17) is 14.2 Å². The SMILES string of the molecule is CC(C)(C)OC(=O)CC[C@H](NC(=O)c1ccc(CNC(=O)OCc2ccccc2)cc1)C(=O)OC(C)(C)C. The van der Waals surface area contributed by atoms with Crippen LogP contribution in [0.15, 0.2) is 54.6 Å². The second-order valence-electron chi connectivity index (χ2n) is 10.8. The summed E-state index contributed by atoms with van der Waals surface area (Å²) in [5.41, 5.74) is 0.534. The lowest BCUT2D eigenvalue weighted by Crippen LogP contribution is -2.44. The highest BCUT2D eigenvalue weighted by Gasteiger charge is 2.28. The van der Waals surface area contributed by atoms with Crippen molar-refractivity contribution in [3.8, 4) is 0 Å². The zero-order valence-electron chi connectivity index (χ0n) is 23.0. The zero-order valence-corrected chi connectivity index (χ0v) is 23.0. The van der Waals surface area contributed by atoms with Crippen LogP contribution < -0.4 is 10.6 Å². The fourth-order valence-corrected chi connectivity index (χ4v) is 3.24. The number of hydrogen-bond acceptors (Lipinski definition) is 7. The molecule has 2 rings (SSSR count). The van der Waals surface area contributed by atoms with E-state index in [-0.39, 0.29) is 26.0 Å². The van der Waals surface area contributed by atoms with Crippen LogP contribution in [0.2, 0.25) is 0 Å². The van der Waals surface area contributed by atoms with Gasteiger partial charge in [0.1, 0.15) is 23.9 Å². The lowest BCUT2D eigenvalue weighted by atomic mass is 10.1. The molecule has 0 aliphatic carbocycles. The molecule has 0 bridgehead atoms. The molecule has 0 unspecified atom stereocenters. The first-order chi connectivity index (χ1) is 17.7. The van der Waals surface area contributed by atoms with Gasteiger partial charge in [0.25, 0.3) is 5.91 Å². The first-order valence-electron chi connectivity index (χ1n) is 12.5. The second kappa shape index (κ2) is 13.6. The van der Waals surface area contributed by atoms with Crippen molar-refractivity contribution < 1.29 is 33.4 Å². The standard InChI is InChI=1S/C29H38N2O7/c1-28(2,3)37-24(32)17-16-23(26(34)38-29(4,5)6)31-25(33)22-14-12-20(13-15-22)18-30-27(35)36-19-21-10-8-7-9-11-21/h7-15,23H,16-19H2,1-6H3,(H,30,35)(H,31,33)/t23-/m0/s1. The maximum atomic E-state index is 12.9. The summed E-state index contributed by atoms with van der Waals surface area (Å²) in [5.74, 6) is -1.60. The number of hydrogen-bond donors (Lipinski definition) is 2. The summed E-state index contributed by atoms with van der Waals surface area (Å²) in [5, 5.41) is 5.33. The summed E-state index contributed by atoms with van der Waals surface area (Å²) in [4.78, 5) is 49.7. The third-order valence-electron chi connectivity index (χ3n) is 4.92. The quantitative estimate of drug-likeness (QED) is 0.341. The average Bonchev–Trinajstić information content (AvgIpc) is 2.82. The lowest BCUT2D eigenvalue weighted by molar-refractivity contribution is -0.158. The number of benzene rings is 2. The summed E-state index contributed by atoms with van der Waals surface area (Å²) >= 11 is 0. The van der Waals surface area contributed by atoms with Crippen LogP contribution in [0.1, 0.15) is 75.9 Å². The van der Waals surface area contributed by atoms with Gasteiger partial charge < -0.3 is 24.8 Å². The Balaban J connectivity index is 1.93. The Labute approximate surface area is 224 Å². The summed E-state index contributed by atoms with van der Waals surface area (Å²) < 4.78 is 15.9. The Morgan fingerprint density at radius 3 is 1.97 bits per heavy atom. The second-order valence-corrected chi connectivity index (χ2v) is 10.8. The number of ether oxygens (including phenoxy) is 3. The molecule has 0 heterocycles. The molecule has 0 spiro atoms. The zero-order chi connectivity index (χ0) is 28.3. The topological polar surface area (TPSA) is 120 Å². The first kappa shape index (κ1) is 30.3. The highest BCUT2D eigenvalue weighted by molar-refractivity contribution is 5.97. The van der Waals surface area contributed by atoms with Gasteiger partial charge in [0.2, 0.25) is 0 Å². The maximum absolute atomic E-state index is 12.9. The van der Waals surface area contributed by atoms with E-state index in [0.717, 1.165) is 11.1 Å². The molecule has 0 aliphatic rings. The Morgan fingerprint density at radius 1 is 0.789 bits per heavy atom. The van der Waals surface area contributed by atoms with Crippen molar-refractivity contribution in [3.63, 3.8) is 0 Å². The predicted octanol–water partition coefficient (Wildman–Crippen LogP) is 4.68. The minimum atomic E-state index is -1.03. The Bertz CT molecular complexity index is 1080. The number of rotatable bonds is 10. The number of nitrogens with one attached hydrogen (secondary N) is 2. The van der Waals surface area contributed by atoms with Crippen molar-refractivity contribution in [1.29, 1.82) is 0 Å². The normalized spacial score (nSPS) is 12.2. The van der Waals surface area contributed by atoms with Gasteiger partial charge in [0.15, 0.2) is 0 Å². The van der Waals surface area contributed by atoms with Gasteiger partial charge in [-0.05, 0) is 71.2 Å². The third kappa shape index (κ3) is 11.9. The van der Waals surface area contributed by atoms with E-state index in [1.54, 1.807) is 65.8 Å². The molecule has 0 fully saturated rings. The molecular formula is C29H38N2O7. The molecule has 9 nitrogen and oxygen atoms in total. The minimum absolute atomic E-state index is 0.0304. The number of amides is 2. The predicted molar refractivity (Wildman–Crippen MR) is 142 cm³/mol. The van der Waals surface area contributed by atoms with Crippen molar-refractivity contribution in [3.05, 3.63) is 71.3 Å². The van der Waals surface area contributed by atoms with Gasteiger partial charge in [-0.2, -0.15) is 0 Å². The number of alkyl carbamates (subject to hydrolysis) is 1. The van der Waals surface area contributed by atoms with E-state index in [1.807, 2.05) is 30.3 Å². The molecule has 2 amide bonds. The van der Waals surface area contributed by atoms with Gasteiger partial charge in [0.05, 0.1) is 0 Å². The van der Waals surface area contributed by atoms with Gasteiger partial charge in [-0.25, -0.2) is 9.59 Å². The Hall–Kier alpha value is -3.88. The van der Waals surface area contributed by atoms with E-state index < -0.39 is 41.2 Å². The molecule has 0 saturated carbocycles. The Morgan fingerprint density at radius 2 is 1.39 bits per heavy atom. The molecule has 38 heavy (non-hydrogen) atoms. The molecule has 0 aromatic heterocycles. The monoisotopic (exact) mass is 526 g/mol. The molecule has 1 atom stereocenters. The third-order valence-corrected chi connectivity index (χ3v) is 4.92.